The molecule has 1 aromatic heterocycles. The number of hydrogen-bond acceptors (Lipinski definition) is 4. The van der Waals surface area contributed by atoms with E-state index in [1.807, 2.05) is 32.0 Å². The lowest BCUT2D eigenvalue weighted by Crippen LogP contribution is -2.27. The molecule has 23 heavy (non-hydrogen) atoms. The Labute approximate surface area is 132 Å². The molecule has 0 unspecified atom stereocenters. The molecule has 3 rings (SSSR count). The van der Waals surface area contributed by atoms with Crippen LogP contribution in [0.1, 0.15) is 11.1 Å². The van der Waals surface area contributed by atoms with E-state index in [1.165, 1.54) is 4.57 Å². The van der Waals surface area contributed by atoms with Crippen molar-refractivity contribution in [2.45, 2.75) is 20.4 Å². The van der Waals surface area contributed by atoms with Crippen molar-refractivity contribution < 1.29 is 9.15 Å². The molecule has 0 spiro atoms. The van der Waals surface area contributed by atoms with Crippen LogP contribution in [0.2, 0.25) is 0 Å². The maximum Gasteiger partial charge on any atom is 0.422 e. The van der Waals surface area contributed by atoms with Crippen LogP contribution in [0.3, 0.4) is 0 Å². The molecular formula is C18H17NO4. The van der Waals surface area contributed by atoms with Gasteiger partial charge in [0.1, 0.15) is 12.4 Å². The number of hydrogen-bond donors (Lipinski definition) is 0. The van der Waals surface area contributed by atoms with Crippen LogP contribution in [-0.4, -0.2) is 11.2 Å². The second kappa shape index (κ2) is 6.12. The summed E-state index contributed by atoms with van der Waals surface area (Å²) in [4.78, 5) is 23.7. The quantitative estimate of drug-likeness (QED) is 0.743. The van der Waals surface area contributed by atoms with E-state index in [9.17, 15) is 9.59 Å². The minimum Gasteiger partial charge on any atom is -0.491 e. The molecule has 0 aliphatic carbocycles. The monoisotopic (exact) mass is 311 g/mol. The largest absolute Gasteiger partial charge is 0.491 e. The van der Waals surface area contributed by atoms with Gasteiger partial charge in [0.05, 0.1) is 17.4 Å². The van der Waals surface area contributed by atoms with Gasteiger partial charge >= 0.3 is 11.4 Å². The fraction of sp³-hybridized carbons (Fsp3) is 0.222. The molecule has 0 atom stereocenters. The van der Waals surface area contributed by atoms with Gasteiger partial charge in [0.25, 0.3) is 0 Å². The number of rotatable bonds is 4. The smallest absolute Gasteiger partial charge is 0.422 e. The summed E-state index contributed by atoms with van der Waals surface area (Å²) in [5.41, 5.74) is 2.09. The number of benzene rings is 2. The van der Waals surface area contributed by atoms with E-state index >= 15 is 0 Å². The highest BCUT2D eigenvalue weighted by atomic mass is 16.5. The molecule has 1 heterocycles. The van der Waals surface area contributed by atoms with Gasteiger partial charge in [-0.05, 0) is 43.2 Å². The van der Waals surface area contributed by atoms with E-state index in [2.05, 4.69) is 0 Å². The standard InChI is InChI=1S/C18H17NO4/c1-12-7-8-13(2)16(11-12)22-10-9-19-15-6-4-3-5-14(15)17(20)23-18(19)21/h3-8,11H,9-10H2,1-2H3. The molecule has 5 nitrogen and oxygen atoms in total. The van der Waals surface area contributed by atoms with Gasteiger partial charge in [-0.1, -0.05) is 24.3 Å². The highest BCUT2D eigenvalue weighted by Crippen LogP contribution is 2.19. The van der Waals surface area contributed by atoms with Crippen molar-refractivity contribution >= 4 is 10.9 Å². The van der Waals surface area contributed by atoms with Crippen LogP contribution in [0.25, 0.3) is 10.9 Å². The molecule has 3 aromatic rings. The van der Waals surface area contributed by atoms with Crippen molar-refractivity contribution in [2.75, 3.05) is 6.61 Å². The van der Waals surface area contributed by atoms with Crippen LogP contribution in [-0.2, 0) is 6.54 Å². The molecular weight excluding hydrogens is 294 g/mol. The van der Waals surface area contributed by atoms with Gasteiger partial charge in [0, 0.05) is 0 Å². The topological polar surface area (TPSA) is 61.4 Å². The molecule has 5 heteroatoms. The van der Waals surface area contributed by atoms with Crippen LogP contribution in [0.4, 0.5) is 0 Å². The van der Waals surface area contributed by atoms with Gasteiger partial charge in [0.2, 0.25) is 0 Å². The van der Waals surface area contributed by atoms with Gasteiger partial charge in [-0.3, -0.25) is 4.57 Å². The maximum atomic E-state index is 12.0. The molecule has 0 fully saturated rings. The van der Waals surface area contributed by atoms with E-state index in [1.54, 1.807) is 24.3 Å². The summed E-state index contributed by atoms with van der Waals surface area (Å²) in [6.07, 6.45) is 0. The number of ether oxygens (including phenoxy) is 1. The summed E-state index contributed by atoms with van der Waals surface area (Å²) in [5, 5.41) is 0.388. The van der Waals surface area contributed by atoms with Crippen LogP contribution in [0.15, 0.2) is 56.5 Å². The maximum absolute atomic E-state index is 12.0. The third-order valence-electron chi connectivity index (χ3n) is 3.73. The molecule has 0 radical (unpaired) electrons. The number of fused-ring (bicyclic) bond motifs is 1. The van der Waals surface area contributed by atoms with Gasteiger partial charge in [-0.2, -0.15) is 0 Å². The molecule has 0 saturated carbocycles. The molecule has 0 aliphatic heterocycles. The summed E-state index contributed by atoms with van der Waals surface area (Å²) in [6, 6.07) is 12.9. The van der Waals surface area contributed by atoms with Crippen LogP contribution in [0, 0.1) is 13.8 Å². The van der Waals surface area contributed by atoms with Gasteiger partial charge in [-0.25, -0.2) is 9.59 Å². The Balaban J connectivity index is 1.87. The van der Waals surface area contributed by atoms with Crippen molar-refractivity contribution in [1.82, 2.24) is 4.57 Å². The summed E-state index contributed by atoms with van der Waals surface area (Å²) < 4.78 is 12.0. The fourth-order valence-corrected chi connectivity index (χ4v) is 2.49. The first-order valence-electron chi connectivity index (χ1n) is 7.39. The van der Waals surface area contributed by atoms with Crippen LogP contribution < -0.4 is 16.1 Å². The zero-order chi connectivity index (χ0) is 16.4. The molecule has 0 bridgehead atoms. The SMILES string of the molecule is Cc1ccc(C)c(OCCn2c(=O)oc(=O)c3ccccc32)c1. The first-order chi connectivity index (χ1) is 11.1. The van der Waals surface area contributed by atoms with Crippen molar-refractivity contribution in [1.29, 1.82) is 0 Å². The number of nitrogens with zero attached hydrogens (tertiary/aromatic N) is 1. The summed E-state index contributed by atoms with van der Waals surface area (Å²) in [5.74, 6) is 0.123. The van der Waals surface area contributed by atoms with Gasteiger partial charge < -0.3 is 9.15 Å². The van der Waals surface area contributed by atoms with Crippen molar-refractivity contribution in [3.05, 3.63) is 74.6 Å². The minimum atomic E-state index is -0.668. The highest BCUT2D eigenvalue weighted by Gasteiger charge is 2.09. The average molecular weight is 311 g/mol. The lowest BCUT2D eigenvalue weighted by molar-refractivity contribution is 0.285. The van der Waals surface area contributed by atoms with E-state index in [4.69, 9.17) is 9.15 Å². The highest BCUT2D eigenvalue weighted by molar-refractivity contribution is 5.77. The molecule has 118 valence electrons. The predicted molar refractivity (Wildman–Crippen MR) is 88.2 cm³/mol. The van der Waals surface area contributed by atoms with Crippen LogP contribution >= 0.6 is 0 Å². The zero-order valence-corrected chi connectivity index (χ0v) is 13.0. The van der Waals surface area contributed by atoms with Gasteiger partial charge in [0.15, 0.2) is 0 Å². The lowest BCUT2D eigenvalue weighted by Gasteiger charge is -2.12. The molecule has 2 aromatic carbocycles. The third kappa shape index (κ3) is 3.04. The lowest BCUT2D eigenvalue weighted by atomic mass is 10.1. The van der Waals surface area contributed by atoms with E-state index in [0.29, 0.717) is 24.1 Å². The Kier molecular flexibility index (Phi) is 4.02. The van der Waals surface area contributed by atoms with E-state index in [-0.39, 0.29) is 0 Å². The Morgan fingerprint density at radius 1 is 1.09 bits per heavy atom. The molecule has 0 aliphatic rings. The Bertz CT molecular complexity index is 969. The first kappa shape index (κ1) is 15.1. The number of aryl methyl sites for hydroxylation is 2. The van der Waals surface area contributed by atoms with Crippen molar-refractivity contribution in [2.24, 2.45) is 0 Å². The Hall–Kier alpha value is -2.82. The Morgan fingerprint density at radius 3 is 2.70 bits per heavy atom. The summed E-state index contributed by atoms with van der Waals surface area (Å²) >= 11 is 0. The molecule has 0 amide bonds. The third-order valence-corrected chi connectivity index (χ3v) is 3.73. The van der Waals surface area contributed by atoms with Crippen molar-refractivity contribution in [3.63, 3.8) is 0 Å². The predicted octanol–water partition coefficient (Wildman–Crippen LogP) is 2.65. The molecule has 0 N–H and O–H groups in total. The summed E-state index contributed by atoms with van der Waals surface area (Å²) in [6.45, 7) is 4.58. The minimum absolute atomic E-state index is 0.302. The second-order valence-corrected chi connectivity index (χ2v) is 5.44. The fourth-order valence-electron chi connectivity index (χ4n) is 2.49. The van der Waals surface area contributed by atoms with Crippen molar-refractivity contribution in [3.8, 4) is 5.75 Å². The van der Waals surface area contributed by atoms with E-state index in [0.717, 1.165) is 16.9 Å². The second-order valence-electron chi connectivity index (χ2n) is 5.44. The van der Waals surface area contributed by atoms with E-state index < -0.39 is 11.4 Å². The number of para-hydroxylation sites is 1. The Morgan fingerprint density at radius 2 is 1.87 bits per heavy atom. The van der Waals surface area contributed by atoms with Gasteiger partial charge in [-0.15, -0.1) is 0 Å². The first-order valence-corrected chi connectivity index (χ1v) is 7.39. The number of aromatic nitrogens is 1. The summed E-state index contributed by atoms with van der Waals surface area (Å²) in [7, 11) is 0. The van der Waals surface area contributed by atoms with Crippen LogP contribution in [0.5, 0.6) is 5.75 Å². The zero-order valence-electron chi connectivity index (χ0n) is 13.0. The normalized spacial score (nSPS) is 10.9. The molecule has 0 saturated heterocycles. The average Bonchev–Trinajstić information content (AvgIpc) is 2.53.